The SMILES string of the molecule is Nc1nc(NCC2c3ccccc3C(=O)N2Cc2ccccc2)cc(C2CC2)n1. The molecule has 1 aromatic heterocycles. The number of carbonyl (C=O) groups is 1. The zero-order chi connectivity index (χ0) is 19.8. The number of benzene rings is 2. The van der Waals surface area contributed by atoms with E-state index >= 15 is 0 Å². The summed E-state index contributed by atoms with van der Waals surface area (Å²) in [6.07, 6.45) is 2.32. The van der Waals surface area contributed by atoms with E-state index in [0.29, 0.717) is 25.0 Å². The number of nitrogen functional groups attached to an aromatic ring is 1. The Kier molecular flexibility index (Phi) is 4.39. The maximum Gasteiger partial charge on any atom is 0.255 e. The summed E-state index contributed by atoms with van der Waals surface area (Å²) in [6.45, 7) is 1.14. The lowest BCUT2D eigenvalue weighted by atomic mass is 10.0. The number of nitrogens with one attached hydrogen (secondary N) is 1. The van der Waals surface area contributed by atoms with Crippen molar-refractivity contribution in [3.8, 4) is 0 Å². The van der Waals surface area contributed by atoms with Gasteiger partial charge in [-0.25, -0.2) is 4.98 Å². The van der Waals surface area contributed by atoms with Gasteiger partial charge < -0.3 is 16.0 Å². The van der Waals surface area contributed by atoms with Gasteiger partial charge in [-0.1, -0.05) is 48.5 Å². The maximum atomic E-state index is 13.1. The van der Waals surface area contributed by atoms with Gasteiger partial charge in [0.2, 0.25) is 5.95 Å². The molecular formula is C23H23N5O. The highest BCUT2D eigenvalue weighted by Gasteiger charge is 2.36. The van der Waals surface area contributed by atoms with Gasteiger partial charge in [-0.05, 0) is 30.0 Å². The number of nitrogens with two attached hydrogens (primary N) is 1. The second-order valence-corrected chi connectivity index (χ2v) is 7.71. The number of fused-ring (bicyclic) bond motifs is 1. The Labute approximate surface area is 169 Å². The van der Waals surface area contributed by atoms with E-state index in [4.69, 9.17) is 5.73 Å². The van der Waals surface area contributed by atoms with Crippen molar-refractivity contribution in [2.75, 3.05) is 17.6 Å². The van der Waals surface area contributed by atoms with Crippen molar-refractivity contribution in [3.63, 3.8) is 0 Å². The largest absolute Gasteiger partial charge is 0.368 e. The molecule has 1 atom stereocenters. The topological polar surface area (TPSA) is 84.1 Å². The molecule has 1 fully saturated rings. The van der Waals surface area contributed by atoms with E-state index < -0.39 is 0 Å². The number of anilines is 2. The summed E-state index contributed by atoms with van der Waals surface area (Å²) in [5, 5.41) is 3.40. The van der Waals surface area contributed by atoms with Crippen molar-refractivity contribution in [1.29, 1.82) is 0 Å². The monoisotopic (exact) mass is 385 g/mol. The third-order valence-electron chi connectivity index (χ3n) is 5.62. The molecule has 3 N–H and O–H groups in total. The molecule has 0 saturated heterocycles. The summed E-state index contributed by atoms with van der Waals surface area (Å²) < 4.78 is 0. The first kappa shape index (κ1) is 17.7. The van der Waals surface area contributed by atoms with Gasteiger partial charge in [0, 0.05) is 30.6 Å². The zero-order valence-corrected chi connectivity index (χ0v) is 16.1. The van der Waals surface area contributed by atoms with Crippen LogP contribution in [0.5, 0.6) is 0 Å². The Bertz CT molecular complexity index is 1050. The fraction of sp³-hybridized carbons (Fsp3) is 0.261. The third kappa shape index (κ3) is 3.53. The Hall–Kier alpha value is -3.41. The zero-order valence-electron chi connectivity index (χ0n) is 16.1. The van der Waals surface area contributed by atoms with Crippen LogP contribution < -0.4 is 11.1 Å². The van der Waals surface area contributed by atoms with E-state index in [-0.39, 0.29) is 11.9 Å². The fourth-order valence-corrected chi connectivity index (χ4v) is 3.99. The third-order valence-corrected chi connectivity index (χ3v) is 5.62. The number of carbonyl (C=O) groups excluding carboxylic acids is 1. The minimum absolute atomic E-state index is 0.0668. The van der Waals surface area contributed by atoms with Crippen LogP contribution in [0.15, 0.2) is 60.7 Å². The molecule has 2 heterocycles. The standard InChI is InChI=1S/C23H23N5O/c24-23-26-19(16-10-11-16)12-21(27-23)25-13-20-17-8-4-5-9-18(17)22(29)28(20)14-15-6-2-1-3-7-15/h1-9,12,16,20H,10-11,13-14H2,(H3,24,25,26,27). The van der Waals surface area contributed by atoms with Gasteiger partial charge in [-0.3, -0.25) is 4.79 Å². The predicted octanol–water partition coefficient (Wildman–Crippen LogP) is 3.75. The molecule has 6 nitrogen and oxygen atoms in total. The molecule has 6 heteroatoms. The van der Waals surface area contributed by atoms with Crippen LogP contribution in [0.4, 0.5) is 11.8 Å². The molecule has 2 aromatic carbocycles. The second kappa shape index (κ2) is 7.20. The lowest BCUT2D eigenvalue weighted by Gasteiger charge is -2.26. The molecule has 3 aromatic rings. The van der Waals surface area contributed by atoms with Crippen molar-refractivity contribution in [2.45, 2.75) is 31.3 Å². The van der Waals surface area contributed by atoms with Gasteiger partial charge in [-0.15, -0.1) is 0 Å². The lowest BCUT2D eigenvalue weighted by molar-refractivity contribution is 0.0718. The van der Waals surface area contributed by atoms with Gasteiger partial charge in [0.25, 0.3) is 5.91 Å². The smallest absolute Gasteiger partial charge is 0.255 e. The van der Waals surface area contributed by atoms with E-state index in [9.17, 15) is 4.79 Å². The lowest BCUT2D eigenvalue weighted by Crippen LogP contribution is -2.31. The normalized spacial score (nSPS) is 18.0. The van der Waals surface area contributed by atoms with E-state index in [1.54, 1.807) is 0 Å². The molecule has 1 aliphatic heterocycles. The summed E-state index contributed by atoms with van der Waals surface area (Å²) in [6, 6.07) is 19.8. The van der Waals surface area contributed by atoms with E-state index in [0.717, 1.165) is 41.0 Å². The average molecular weight is 385 g/mol. The molecule has 2 aliphatic rings. The Morgan fingerprint density at radius 1 is 1.03 bits per heavy atom. The van der Waals surface area contributed by atoms with Gasteiger partial charge in [0.1, 0.15) is 5.82 Å². The molecule has 29 heavy (non-hydrogen) atoms. The van der Waals surface area contributed by atoms with Crippen molar-refractivity contribution >= 4 is 17.7 Å². The summed E-state index contributed by atoms with van der Waals surface area (Å²) in [5.74, 6) is 1.58. The molecule has 5 rings (SSSR count). The van der Waals surface area contributed by atoms with Gasteiger partial charge in [0.15, 0.2) is 0 Å². The van der Waals surface area contributed by atoms with Crippen molar-refractivity contribution < 1.29 is 4.79 Å². The molecule has 146 valence electrons. The first-order valence-corrected chi connectivity index (χ1v) is 10.0. The summed E-state index contributed by atoms with van der Waals surface area (Å²) in [4.78, 5) is 23.7. The summed E-state index contributed by atoms with van der Waals surface area (Å²) in [5.41, 5.74) is 9.85. The second-order valence-electron chi connectivity index (χ2n) is 7.71. The molecule has 1 saturated carbocycles. The molecule has 1 unspecified atom stereocenters. The first-order chi connectivity index (χ1) is 14.2. The molecule has 1 aliphatic carbocycles. The van der Waals surface area contributed by atoms with Crippen molar-refractivity contribution in [2.24, 2.45) is 0 Å². The number of rotatable bonds is 6. The van der Waals surface area contributed by atoms with Crippen LogP contribution in [0.3, 0.4) is 0 Å². The number of aromatic nitrogens is 2. The highest BCUT2D eigenvalue weighted by molar-refractivity contribution is 5.99. The van der Waals surface area contributed by atoms with Crippen LogP contribution in [0.25, 0.3) is 0 Å². The summed E-state index contributed by atoms with van der Waals surface area (Å²) in [7, 11) is 0. The van der Waals surface area contributed by atoms with E-state index in [1.165, 1.54) is 0 Å². The minimum Gasteiger partial charge on any atom is -0.368 e. The Morgan fingerprint density at radius 2 is 1.79 bits per heavy atom. The number of nitrogens with zero attached hydrogens (tertiary/aromatic N) is 3. The van der Waals surface area contributed by atoms with Gasteiger partial charge in [0.05, 0.1) is 11.7 Å². The maximum absolute atomic E-state index is 13.1. The van der Waals surface area contributed by atoms with Crippen LogP contribution in [-0.2, 0) is 6.54 Å². The molecule has 0 bridgehead atoms. The Morgan fingerprint density at radius 3 is 2.59 bits per heavy atom. The highest BCUT2D eigenvalue weighted by Crippen LogP contribution is 2.40. The van der Waals surface area contributed by atoms with Gasteiger partial charge >= 0.3 is 0 Å². The quantitative estimate of drug-likeness (QED) is 0.675. The van der Waals surface area contributed by atoms with Crippen LogP contribution in [0.2, 0.25) is 0 Å². The predicted molar refractivity (Wildman–Crippen MR) is 112 cm³/mol. The fourth-order valence-electron chi connectivity index (χ4n) is 3.99. The minimum atomic E-state index is -0.0699. The molecule has 1 amide bonds. The first-order valence-electron chi connectivity index (χ1n) is 10.0. The van der Waals surface area contributed by atoms with Crippen LogP contribution >= 0.6 is 0 Å². The van der Waals surface area contributed by atoms with E-state index in [1.807, 2.05) is 65.6 Å². The number of amides is 1. The van der Waals surface area contributed by atoms with Gasteiger partial charge in [-0.2, -0.15) is 4.98 Å². The van der Waals surface area contributed by atoms with Crippen LogP contribution in [0.1, 0.15) is 52.0 Å². The molecule has 0 spiro atoms. The molecular weight excluding hydrogens is 362 g/mol. The van der Waals surface area contributed by atoms with E-state index in [2.05, 4.69) is 15.3 Å². The number of hydrogen-bond donors (Lipinski definition) is 2. The summed E-state index contributed by atoms with van der Waals surface area (Å²) >= 11 is 0. The van der Waals surface area contributed by atoms with Crippen molar-refractivity contribution in [1.82, 2.24) is 14.9 Å². The van der Waals surface area contributed by atoms with Crippen molar-refractivity contribution in [3.05, 3.63) is 83.0 Å². The Balaban J connectivity index is 1.40. The van der Waals surface area contributed by atoms with Crippen LogP contribution in [0, 0.1) is 0 Å². The molecule has 0 radical (unpaired) electrons. The number of hydrogen-bond acceptors (Lipinski definition) is 5. The van der Waals surface area contributed by atoms with Crippen LogP contribution in [-0.4, -0.2) is 27.3 Å². The highest BCUT2D eigenvalue weighted by atomic mass is 16.2. The average Bonchev–Trinajstić information content (AvgIpc) is 3.55.